The largest absolute Gasteiger partial charge is 0.270 e. The number of amides is 1. The standard InChI is InChI=1S/C15H12N2O3S/c18-15-14(6-3-9-16-15)17-21(19,20)13-8-7-11-4-1-2-5-12(11)10-13/h1-10,14,17H. The Hall–Kier alpha value is -2.31. The van der Waals surface area contributed by atoms with Crippen LogP contribution in [0.25, 0.3) is 10.8 Å². The van der Waals surface area contributed by atoms with Gasteiger partial charge in [-0.1, -0.05) is 36.4 Å². The van der Waals surface area contributed by atoms with Crippen molar-refractivity contribution in [2.24, 2.45) is 4.99 Å². The number of nitrogens with zero attached hydrogens (tertiary/aromatic N) is 1. The summed E-state index contributed by atoms with van der Waals surface area (Å²) in [7, 11) is -3.78. The van der Waals surface area contributed by atoms with E-state index in [0.29, 0.717) is 0 Å². The van der Waals surface area contributed by atoms with Crippen molar-refractivity contribution < 1.29 is 13.2 Å². The average molecular weight is 300 g/mol. The van der Waals surface area contributed by atoms with Crippen molar-refractivity contribution in [3.05, 3.63) is 54.6 Å². The van der Waals surface area contributed by atoms with Crippen LogP contribution in [0.1, 0.15) is 0 Å². The molecule has 0 aromatic heterocycles. The molecular formula is C15H12N2O3S. The molecule has 21 heavy (non-hydrogen) atoms. The first-order chi connectivity index (χ1) is 10.1. The van der Waals surface area contributed by atoms with Crippen LogP contribution < -0.4 is 4.72 Å². The molecule has 1 atom stereocenters. The Kier molecular flexibility index (Phi) is 3.40. The monoisotopic (exact) mass is 300 g/mol. The number of dihydropyridines is 1. The maximum absolute atomic E-state index is 12.3. The SMILES string of the molecule is O=C1N=CC=CC1NS(=O)(=O)c1ccc2ccccc2c1. The summed E-state index contributed by atoms with van der Waals surface area (Å²) in [4.78, 5) is 15.2. The number of aliphatic imine (C=N–C) groups is 1. The molecule has 1 aliphatic heterocycles. The van der Waals surface area contributed by atoms with Crippen LogP contribution >= 0.6 is 0 Å². The van der Waals surface area contributed by atoms with Gasteiger partial charge in [0.25, 0.3) is 5.91 Å². The predicted molar refractivity (Wildman–Crippen MR) is 80.7 cm³/mol. The van der Waals surface area contributed by atoms with E-state index in [1.54, 1.807) is 12.1 Å². The molecule has 0 bridgehead atoms. The molecule has 0 saturated carbocycles. The lowest BCUT2D eigenvalue weighted by Crippen LogP contribution is -2.39. The molecule has 1 amide bonds. The van der Waals surface area contributed by atoms with Crippen molar-refractivity contribution in [2.75, 3.05) is 0 Å². The minimum absolute atomic E-state index is 0.122. The minimum Gasteiger partial charge on any atom is -0.270 e. The van der Waals surface area contributed by atoms with Crippen molar-refractivity contribution >= 4 is 32.9 Å². The van der Waals surface area contributed by atoms with E-state index < -0.39 is 22.0 Å². The Morgan fingerprint density at radius 1 is 1.05 bits per heavy atom. The molecule has 0 fully saturated rings. The normalized spacial score (nSPS) is 18.3. The van der Waals surface area contributed by atoms with Crippen LogP contribution in [0.15, 0.2) is 64.5 Å². The summed E-state index contributed by atoms with van der Waals surface area (Å²) < 4.78 is 27.0. The Labute approximate surface area is 122 Å². The van der Waals surface area contributed by atoms with Gasteiger partial charge >= 0.3 is 0 Å². The van der Waals surface area contributed by atoms with Crippen LogP contribution in [0.3, 0.4) is 0 Å². The summed E-state index contributed by atoms with van der Waals surface area (Å²) in [6.07, 6.45) is 4.34. The molecule has 2 aromatic rings. The molecule has 2 aromatic carbocycles. The third kappa shape index (κ3) is 2.76. The smallest absolute Gasteiger partial charge is 0.267 e. The van der Waals surface area contributed by atoms with E-state index in [9.17, 15) is 13.2 Å². The molecular weight excluding hydrogens is 288 g/mol. The molecule has 1 aliphatic rings. The second kappa shape index (κ2) is 5.23. The Morgan fingerprint density at radius 2 is 1.81 bits per heavy atom. The van der Waals surface area contributed by atoms with Gasteiger partial charge in [0.2, 0.25) is 10.0 Å². The van der Waals surface area contributed by atoms with E-state index in [0.717, 1.165) is 10.8 Å². The molecule has 1 heterocycles. The van der Waals surface area contributed by atoms with E-state index in [1.165, 1.54) is 24.4 Å². The summed E-state index contributed by atoms with van der Waals surface area (Å²) in [6, 6.07) is 11.4. The second-order valence-corrected chi connectivity index (χ2v) is 6.32. The lowest BCUT2D eigenvalue weighted by atomic mass is 10.1. The predicted octanol–water partition coefficient (Wildman–Crippen LogP) is 1.65. The molecule has 106 valence electrons. The Morgan fingerprint density at radius 3 is 2.57 bits per heavy atom. The fraction of sp³-hybridized carbons (Fsp3) is 0.0667. The van der Waals surface area contributed by atoms with Gasteiger partial charge in [-0.2, -0.15) is 4.72 Å². The molecule has 1 unspecified atom stereocenters. The fourth-order valence-corrected chi connectivity index (χ4v) is 3.28. The van der Waals surface area contributed by atoms with Gasteiger partial charge in [-0.15, -0.1) is 0 Å². The Bertz CT molecular complexity index is 869. The van der Waals surface area contributed by atoms with Gasteiger partial charge in [-0.25, -0.2) is 13.4 Å². The van der Waals surface area contributed by atoms with Crippen LogP contribution in [0.2, 0.25) is 0 Å². The van der Waals surface area contributed by atoms with Crippen molar-refractivity contribution in [2.45, 2.75) is 10.9 Å². The van der Waals surface area contributed by atoms with Gasteiger partial charge in [0.15, 0.2) is 0 Å². The first kappa shape index (κ1) is 13.7. The highest BCUT2D eigenvalue weighted by atomic mass is 32.2. The van der Waals surface area contributed by atoms with Gasteiger partial charge in [-0.05, 0) is 29.0 Å². The quantitative estimate of drug-likeness (QED) is 0.936. The highest BCUT2D eigenvalue weighted by Gasteiger charge is 2.24. The van der Waals surface area contributed by atoms with Crippen LogP contribution in [0.5, 0.6) is 0 Å². The first-order valence-electron chi connectivity index (χ1n) is 6.32. The van der Waals surface area contributed by atoms with E-state index >= 15 is 0 Å². The van der Waals surface area contributed by atoms with Gasteiger partial charge < -0.3 is 0 Å². The summed E-state index contributed by atoms with van der Waals surface area (Å²) in [5, 5.41) is 1.78. The number of benzene rings is 2. The molecule has 0 aliphatic carbocycles. The van der Waals surface area contributed by atoms with Gasteiger partial charge in [0.05, 0.1) is 4.90 Å². The van der Waals surface area contributed by atoms with E-state index in [-0.39, 0.29) is 4.90 Å². The van der Waals surface area contributed by atoms with Crippen LogP contribution in [0, 0.1) is 0 Å². The highest BCUT2D eigenvalue weighted by molar-refractivity contribution is 7.89. The molecule has 1 N–H and O–H groups in total. The zero-order chi connectivity index (χ0) is 14.9. The highest BCUT2D eigenvalue weighted by Crippen LogP contribution is 2.19. The van der Waals surface area contributed by atoms with E-state index in [1.807, 2.05) is 24.3 Å². The third-order valence-corrected chi connectivity index (χ3v) is 4.61. The molecule has 6 heteroatoms. The maximum Gasteiger partial charge on any atom is 0.267 e. The second-order valence-electron chi connectivity index (χ2n) is 4.61. The number of allylic oxidation sites excluding steroid dienone is 1. The maximum atomic E-state index is 12.3. The van der Waals surface area contributed by atoms with Crippen LogP contribution in [-0.2, 0) is 14.8 Å². The van der Waals surface area contributed by atoms with E-state index in [2.05, 4.69) is 9.71 Å². The number of carbonyl (C=O) groups is 1. The van der Waals surface area contributed by atoms with Crippen molar-refractivity contribution in [3.63, 3.8) is 0 Å². The first-order valence-corrected chi connectivity index (χ1v) is 7.80. The van der Waals surface area contributed by atoms with Crippen molar-refractivity contribution in [1.29, 1.82) is 0 Å². The summed E-state index contributed by atoms with van der Waals surface area (Å²) >= 11 is 0. The molecule has 5 nitrogen and oxygen atoms in total. The zero-order valence-corrected chi connectivity index (χ0v) is 11.7. The van der Waals surface area contributed by atoms with E-state index in [4.69, 9.17) is 0 Å². The number of hydrogen-bond donors (Lipinski definition) is 1. The number of carbonyl (C=O) groups excluding carboxylic acids is 1. The van der Waals surface area contributed by atoms with Crippen LogP contribution in [-0.4, -0.2) is 26.6 Å². The summed E-state index contributed by atoms with van der Waals surface area (Å²) in [5.74, 6) is -0.526. The van der Waals surface area contributed by atoms with Crippen LogP contribution in [0.4, 0.5) is 0 Å². The average Bonchev–Trinajstić information content (AvgIpc) is 2.49. The lowest BCUT2D eigenvalue weighted by Gasteiger charge is -2.14. The molecule has 0 spiro atoms. The van der Waals surface area contributed by atoms with Gasteiger partial charge in [0.1, 0.15) is 6.04 Å². The number of sulfonamides is 1. The molecule has 0 saturated heterocycles. The number of fused-ring (bicyclic) bond motifs is 1. The topological polar surface area (TPSA) is 75.6 Å². The van der Waals surface area contributed by atoms with Gasteiger partial charge in [0, 0.05) is 6.21 Å². The number of rotatable bonds is 3. The molecule has 0 radical (unpaired) electrons. The third-order valence-electron chi connectivity index (χ3n) is 3.17. The Balaban J connectivity index is 1.94. The van der Waals surface area contributed by atoms with Crippen molar-refractivity contribution in [1.82, 2.24) is 4.72 Å². The summed E-state index contributed by atoms with van der Waals surface area (Å²) in [5.41, 5.74) is 0. The van der Waals surface area contributed by atoms with Gasteiger partial charge in [-0.3, -0.25) is 4.79 Å². The number of nitrogens with one attached hydrogen (secondary N) is 1. The fourth-order valence-electron chi connectivity index (χ4n) is 2.10. The lowest BCUT2D eigenvalue weighted by molar-refractivity contribution is -0.118. The minimum atomic E-state index is -3.78. The number of hydrogen-bond acceptors (Lipinski definition) is 3. The summed E-state index contributed by atoms with van der Waals surface area (Å²) in [6.45, 7) is 0. The zero-order valence-electron chi connectivity index (χ0n) is 10.9. The van der Waals surface area contributed by atoms with Crippen molar-refractivity contribution in [3.8, 4) is 0 Å². The molecule has 3 rings (SSSR count).